The van der Waals surface area contributed by atoms with E-state index in [1.54, 1.807) is 0 Å². The Labute approximate surface area is 203 Å². The second-order valence-corrected chi connectivity index (χ2v) is 9.48. The van der Waals surface area contributed by atoms with Crippen LogP contribution in [0.5, 0.6) is 0 Å². The van der Waals surface area contributed by atoms with Crippen LogP contribution in [0.1, 0.15) is 36.3 Å². The van der Waals surface area contributed by atoms with Crippen LogP contribution in [-0.2, 0) is 16.0 Å². The third-order valence-electron chi connectivity index (χ3n) is 7.17. The third-order valence-corrected chi connectivity index (χ3v) is 7.17. The van der Waals surface area contributed by atoms with Gasteiger partial charge < -0.3 is 10.0 Å². The van der Waals surface area contributed by atoms with Crippen molar-refractivity contribution in [2.24, 2.45) is 5.92 Å². The van der Waals surface area contributed by atoms with Crippen LogP contribution in [0.2, 0.25) is 0 Å². The lowest BCUT2D eigenvalue weighted by Gasteiger charge is -2.34. The van der Waals surface area contributed by atoms with Crippen molar-refractivity contribution in [3.05, 3.63) is 83.4 Å². The molecule has 1 N–H and O–H groups in total. The van der Waals surface area contributed by atoms with Crippen molar-refractivity contribution in [3.63, 3.8) is 0 Å². The van der Waals surface area contributed by atoms with E-state index in [1.165, 1.54) is 0 Å². The van der Waals surface area contributed by atoms with Crippen LogP contribution in [0.25, 0.3) is 0 Å². The molecule has 2 fully saturated rings. The van der Waals surface area contributed by atoms with Gasteiger partial charge in [-0.3, -0.25) is 14.5 Å². The molecule has 180 valence electrons. The van der Waals surface area contributed by atoms with E-state index in [4.69, 9.17) is 5.11 Å². The summed E-state index contributed by atoms with van der Waals surface area (Å²) in [6, 6.07) is 20.0. The first kappa shape index (κ1) is 24.5. The second-order valence-electron chi connectivity index (χ2n) is 9.48. The summed E-state index contributed by atoms with van der Waals surface area (Å²) in [6.45, 7) is 5.90. The fraction of sp³-hybridized carbons (Fsp3) is 0.448. The first-order valence-electron chi connectivity index (χ1n) is 12.6. The van der Waals surface area contributed by atoms with Crippen LogP contribution in [0.3, 0.4) is 0 Å². The van der Waals surface area contributed by atoms with E-state index in [9.17, 15) is 9.59 Å². The number of carbonyl (C=O) groups excluding carboxylic acids is 2. The molecule has 0 spiro atoms. The Morgan fingerprint density at radius 3 is 2.09 bits per heavy atom. The van der Waals surface area contributed by atoms with E-state index in [1.807, 2.05) is 54.6 Å². The molecule has 1 saturated carbocycles. The fourth-order valence-electron chi connectivity index (χ4n) is 5.22. The van der Waals surface area contributed by atoms with Crippen LogP contribution in [0.4, 0.5) is 0 Å². The number of nitrogens with zero attached hydrogens (tertiary/aromatic N) is 2. The molecule has 1 aliphatic heterocycles. The average molecular weight is 461 g/mol. The number of rotatable bonds is 9. The summed E-state index contributed by atoms with van der Waals surface area (Å²) < 4.78 is 0. The number of aliphatic hydroxyl groups excluding tert-OH is 1. The van der Waals surface area contributed by atoms with Gasteiger partial charge >= 0.3 is 0 Å². The number of β-amino-alcohol motifs (C(OH)–C–C–N with tert-alkyl or cyclic N) is 1. The molecule has 2 aromatic rings. The van der Waals surface area contributed by atoms with Crippen LogP contribution in [0.15, 0.2) is 72.3 Å². The number of hydrogen-bond donors (Lipinski definition) is 1. The molecule has 2 aliphatic rings. The molecule has 2 aromatic carbocycles. The van der Waals surface area contributed by atoms with Crippen LogP contribution in [0, 0.1) is 5.92 Å². The molecule has 0 radical (unpaired) electrons. The zero-order chi connectivity index (χ0) is 23.8. The lowest BCUT2D eigenvalue weighted by molar-refractivity contribution is -0.128. The maximum atomic E-state index is 13.4. The van der Waals surface area contributed by atoms with Gasteiger partial charge in [0, 0.05) is 44.6 Å². The molecular weight excluding hydrogens is 424 g/mol. The third kappa shape index (κ3) is 6.29. The smallest absolute Gasteiger partial charge is 0.173 e. The van der Waals surface area contributed by atoms with Crippen molar-refractivity contribution < 1.29 is 14.7 Å². The van der Waals surface area contributed by atoms with E-state index in [2.05, 4.69) is 21.9 Å². The number of benzene rings is 2. The highest BCUT2D eigenvalue weighted by Crippen LogP contribution is 2.36. The molecule has 1 heterocycles. The quantitative estimate of drug-likeness (QED) is 0.353. The highest BCUT2D eigenvalue weighted by molar-refractivity contribution is 6.24. The molecule has 1 saturated heterocycles. The van der Waals surface area contributed by atoms with Crippen LogP contribution < -0.4 is 0 Å². The molecule has 4 rings (SSSR count). The topological polar surface area (TPSA) is 60.9 Å². The first-order chi connectivity index (χ1) is 16.7. The zero-order valence-electron chi connectivity index (χ0n) is 19.9. The minimum Gasteiger partial charge on any atom is -0.395 e. The standard InChI is InChI=1S/C29H36N2O3/c32-20-19-31-17-15-30(16-18-31)14-8-7-13-26-28(33)25(21-23-9-3-1-4-10-23)22-27(29(26)34)24-11-5-2-6-12-24/h1-6,9-13,25,27,32H,7-8,14-22H2/b26-13+. The van der Waals surface area contributed by atoms with E-state index in [0.717, 1.165) is 63.2 Å². The number of Topliss-reactive ketones (excluding diaryl/α,β-unsaturated/α-hetero) is 2. The number of carbonyl (C=O) groups is 2. The minimum atomic E-state index is -0.251. The van der Waals surface area contributed by atoms with E-state index < -0.39 is 0 Å². The molecule has 5 nitrogen and oxygen atoms in total. The molecule has 2 atom stereocenters. The van der Waals surface area contributed by atoms with Crippen molar-refractivity contribution in [1.82, 2.24) is 9.80 Å². The Bertz CT molecular complexity index is 965. The number of ketones is 2. The molecular formula is C29H36N2O3. The molecule has 0 amide bonds. The SMILES string of the molecule is O=C1/C(=C\CCCN2CCN(CCO)CC2)C(=O)C(c2ccccc2)CC1Cc1ccccc1. The largest absolute Gasteiger partial charge is 0.395 e. The number of hydrogen-bond acceptors (Lipinski definition) is 5. The summed E-state index contributed by atoms with van der Waals surface area (Å²) in [4.78, 5) is 31.5. The van der Waals surface area contributed by atoms with Crippen molar-refractivity contribution in [3.8, 4) is 0 Å². The summed E-state index contributed by atoms with van der Waals surface area (Å²) in [5.41, 5.74) is 2.56. The van der Waals surface area contributed by atoms with Gasteiger partial charge in [-0.15, -0.1) is 0 Å². The van der Waals surface area contributed by atoms with Crippen molar-refractivity contribution in [2.45, 2.75) is 31.6 Å². The Kier molecular flexibility index (Phi) is 8.80. The summed E-state index contributed by atoms with van der Waals surface area (Å²) in [7, 11) is 0. The Balaban J connectivity index is 1.41. The Hall–Kier alpha value is -2.60. The van der Waals surface area contributed by atoms with Crippen LogP contribution in [-0.4, -0.2) is 72.3 Å². The van der Waals surface area contributed by atoms with Crippen molar-refractivity contribution >= 4 is 11.6 Å². The minimum absolute atomic E-state index is 0.0126. The van der Waals surface area contributed by atoms with Gasteiger partial charge in [0.15, 0.2) is 11.6 Å². The predicted molar refractivity (Wildman–Crippen MR) is 135 cm³/mol. The molecule has 0 bridgehead atoms. The van der Waals surface area contributed by atoms with Gasteiger partial charge in [-0.05, 0) is 43.4 Å². The van der Waals surface area contributed by atoms with E-state index >= 15 is 0 Å². The Morgan fingerprint density at radius 2 is 1.44 bits per heavy atom. The zero-order valence-corrected chi connectivity index (χ0v) is 19.9. The summed E-state index contributed by atoms with van der Waals surface area (Å²) in [5, 5.41) is 9.10. The first-order valence-corrected chi connectivity index (χ1v) is 12.6. The Morgan fingerprint density at radius 1 is 0.824 bits per heavy atom. The lowest BCUT2D eigenvalue weighted by atomic mass is 9.71. The molecule has 0 aromatic heterocycles. The monoisotopic (exact) mass is 460 g/mol. The van der Waals surface area contributed by atoms with Gasteiger partial charge in [0.2, 0.25) is 0 Å². The fourth-order valence-corrected chi connectivity index (χ4v) is 5.22. The maximum absolute atomic E-state index is 13.4. The number of unbranched alkanes of at least 4 members (excludes halogenated alkanes) is 1. The maximum Gasteiger partial charge on any atom is 0.173 e. The van der Waals surface area contributed by atoms with E-state index in [0.29, 0.717) is 18.4 Å². The van der Waals surface area contributed by atoms with Gasteiger partial charge in [-0.2, -0.15) is 0 Å². The van der Waals surface area contributed by atoms with Gasteiger partial charge in [0.05, 0.1) is 12.2 Å². The molecule has 5 heteroatoms. The molecule has 2 unspecified atom stereocenters. The average Bonchev–Trinajstić information content (AvgIpc) is 2.87. The lowest BCUT2D eigenvalue weighted by Crippen LogP contribution is -2.47. The van der Waals surface area contributed by atoms with Crippen LogP contribution >= 0.6 is 0 Å². The van der Waals surface area contributed by atoms with Gasteiger partial charge in [0.1, 0.15) is 0 Å². The molecule has 34 heavy (non-hydrogen) atoms. The van der Waals surface area contributed by atoms with Crippen molar-refractivity contribution in [2.75, 3.05) is 45.9 Å². The molecule has 1 aliphatic carbocycles. The normalized spacial score (nSPS) is 23.5. The highest BCUT2D eigenvalue weighted by Gasteiger charge is 2.39. The predicted octanol–water partition coefficient (Wildman–Crippen LogP) is 3.49. The second kappa shape index (κ2) is 12.2. The van der Waals surface area contributed by atoms with Gasteiger partial charge in [-0.1, -0.05) is 66.7 Å². The van der Waals surface area contributed by atoms with Gasteiger partial charge in [0.25, 0.3) is 0 Å². The summed E-state index contributed by atoms with van der Waals surface area (Å²) in [6.07, 6.45) is 4.84. The number of allylic oxidation sites excluding steroid dienone is 2. The highest BCUT2D eigenvalue weighted by atomic mass is 16.3. The summed E-state index contributed by atoms with van der Waals surface area (Å²) in [5.74, 6) is -0.425. The van der Waals surface area contributed by atoms with Crippen molar-refractivity contribution in [1.29, 1.82) is 0 Å². The van der Waals surface area contributed by atoms with Gasteiger partial charge in [-0.25, -0.2) is 0 Å². The number of piperazine rings is 1. The van der Waals surface area contributed by atoms with E-state index in [-0.39, 0.29) is 30.0 Å². The summed E-state index contributed by atoms with van der Waals surface area (Å²) >= 11 is 0. The number of aliphatic hydroxyl groups is 1.